The summed E-state index contributed by atoms with van der Waals surface area (Å²) in [6, 6.07) is 7.28. The van der Waals surface area contributed by atoms with Crippen molar-refractivity contribution in [3.05, 3.63) is 41.0 Å². The summed E-state index contributed by atoms with van der Waals surface area (Å²) < 4.78 is 40.9. The van der Waals surface area contributed by atoms with E-state index < -0.39 is 6.36 Å². The lowest BCUT2D eigenvalue weighted by atomic mass is 10.2. The number of halogens is 4. The molecule has 0 aliphatic carbocycles. The van der Waals surface area contributed by atoms with Gasteiger partial charge in [-0.05, 0) is 46.3 Å². The molecule has 2 aromatic heterocycles. The van der Waals surface area contributed by atoms with Crippen LogP contribution in [0.1, 0.15) is 0 Å². The van der Waals surface area contributed by atoms with Crippen LogP contribution in [0.5, 0.6) is 5.75 Å². The minimum absolute atomic E-state index is 0.275. The lowest BCUT2D eigenvalue weighted by Gasteiger charge is -2.08. The number of hydrogen-bond acceptors (Lipinski definition) is 3. The third-order valence-electron chi connectivity index (χ3n) is 2.67. The van der Waals surface area contributed by atoms with Crippen molar-refractivity contribution in [2.45, 2.75) is 6.36 Å². The van der Waals surface area contributed by atoms with Gasteiger partial charge in [0.25, 0.3) is 0 Å². The Labute approximate surface area is 125 Å². The Balaban J connectivity index is 1.91. The molecule has 1 aromatic carbocycles. The second-order valence-corrected chi connectivity index (χ2v) is 5.10. The first-order chi connectivity index (χ1) is 9.90. The Hall–Kier alpha value is -2.09. The van der Waals surface area contributed by atoms with E-state index in [1.807, 2.05) is 6.07 Å². The van der Waals surface area contributed by atoms with E-state index in [2.05, 4.69) is 35.6 Å². The number of nitrogens with one attached hydrogen (secondary N) is 1. The molecule has 0 aliphatic rings. The predicted molar refractivity (Wildman–Crippen MR) is 73.7 cm³/mol. The van der Waals surface area contributed by atoms with Crippen LogP contribution in [0.25, 0.3) is 22.6 Å². The molecule has 108 valence electrons. The second kappa shape index (κ2) is 5.03. The van der Waals surface area contributed by atoms with Gasteiger partial charge in [-0.3, -0.25) is 0 Å². The maximum Gasteiger partial charge on any atom is 0.573 e. The van der Waals surface area contributed by atoms with Gasteiger partial charge in [-0.15, -0.1) is 13.2 Å². The minimum atomic E-state index is -4.70. The van der Waals surface area contributed by atoms with Crippen molar-refractivity contribution >= 4 is 27.1 Å². The van der Waals surface area contributed by atoms with Crippen molar-refractivity contribution in [3.63, 3.8) is 0 Å². The Kier molecular flexibility index (Phi) is 3.32. The molecule has 0 aliphatic heterocycles. The van der Waals surface area contributed by atoms with Crippen LogP contribution in [0.3, 0.4) is 0 Å². The lowest BCUT2D eigenvalue weighted by Crippen LogP contribution is -2.16. The molecule has 4 nitrogen and oxygen atoms in total. The molecule has 8 heteroatoms. The topological polar surface area (TPSA) is 50.8 Å². The Bertz CT molecular complexity index is 783. The van der Waals surface area contributed by atoms with Crippen molar-refractivity contribution in [1.29, 1.82) is 0 Å². The summed E-state index contributed by atoms with van der Waals surface area (Å²) in [5.74, 6) is 0.248. The van der Waals surface area contributed by atoms with E-state index in [1.165, 1.54) is 24.3 Å². The smallest absolute Gasteiger partial charge is 0.406 e. The summed E-state index contributed by atoms with van der Waals surface area (Å²) in [4.78, 5) is 11.5. The third-order valence-corrected chi connectivity index (χ3v) is 3.10. The van der Waals surface area contributed by atoms with Crippen LogP contribution in [0.2, 0.25) is 0 Å². The average molecular weight is 358 g/mol. The number of pyridine rings is 1. The first-order valence-electron chi connectivity index (χ1n) is 5.78. The predicted octanol–water partition coefficient (Wildman–Crippen LogP) is 4.29. The van der Waals surface area contributed by atoms with E-state index in [4.69, 9.17) is 0 Å². The lowest BCUT2D eigenvalue weighted by molar-refractivity contribution is -0.274. The summed E-state index contributed by atoms with van der Waals surface area (Å²) in [5.41, 5.74) is 1.90. The van der Waals surface area contributed by atoms with Crippen LogP contribution >= 0.6 is 15.9 Å². The van der Waals surface area contributed by atoms with Gasteiger partial charge in [0, 0.05) is 16.2 Å². The number of fused-ring (bicyclic) bond motifs is 1. The fourth-order valence-electron chi connectivity index (χ4n) is 1.83. The maximum absolute atomic E-state index is 12.1. The highest BCUT2D eigenvalue weighted by Gasteiger charge is 2.30. The molecule has 1 N–H and O–H groups in total. The molecular weight excluding hydrogens is 351 g/mol. The first kappa shape index (κ1) is 13.9. The Morgan fingerprint density at radius 3 is 2.52 bits per heavy atom. The number of H-pyrrole nitrogens is 1. The SMILES string of the molecule is FC(F)(F)Oc1ccc(-c2nc3ncc(Br)cc3[nH]2)cc1. The van der Waals surface area contributed by atoms with Gasteiger partial charge < -0.3 is 9.72 Å². The highest BCUT2D eigenvalue weighted by molar-refractivity contribution is 9.10. The van der Waals surface area contributed by atoms with Crippen LogP contribution in [0.15, 0.2) is 41.0 Å². The molecule has 0 saturated carbocycles. The standard InChI is InChI=1S/C13H7BrF3N3O/c14-8-5-10-12(18-6-8)20-11(19-10)7-1-3-9(4-2-7)21-13(15,16)17/h1-6H,(H,18,19,20). The van der Waals surface area contributed by atoms with Crippen LogP contribution in [-0.2, 0) is 0 Å². The Morgan fingerprint density at radius 1 is 1.14 bits per heavy atom. The van der Waals surface area contributed by atoms with Gasteiger partial charge in [0.05, 0.1) is 5.52 Å². The number of ether oxygens (including phenoxy) is 1. The summed E-state index contributed by atoms with van der Waals surface area (Å²) in [6.07, 6.45) is -3.08. The van der Waals surface area contributed by atoms with Crippen molar-refractivity contribution in [3.8, 4) is 17.1 Å². The van der Waals surface area contributed by atoms with Gasteiger partial charge in [0.2, 0.25) is 0 Å². The second-order valence-electron chi connectivity index (χ2n) is 4.18. The van der Waals surface area contributed by atoms with Gasteiger partial charge in [0.15, 0.2) is 5.65 Å². The van der Waals surface area contributed by atoms with Crippen LogP contribution in [0, 0.1) is 0 Å². The minimum Gasteiger partial charge on any atom is -0.406 e. The van der Waals surface area contributed by atoms with Gasteiger partial charge in [0.1, 0.15) is 11.6 Å². The molecule has 0 radical (unpaired) electrons. The molecule has 3 rings (SSSR count). The molecule has 0 atom stereocenters. The van der Waals surface area contributed by atoms with Gasteiger partial charge >= 0.3 is 6.36 Å². The number of hydrogen-bond donors (Lipinski definition) is 1. The number of nitrogens with zero attached hydrogens (tertiary/aromatic N) is 2. The highest BCUT2D eigenvalue weighted by Crippen LogP contribution is 2.26. The van der Waals surface area contributed by atoms with Crippen LogP contribution in [-0.4, -0.2) is 21.3 Å². The molecule has 0 saturated heterocycles. The number of benzene rings is 1. The summed E-state index contributed by atoms with van der Waals surface area (Å²) in [7, 11) is 0. The quantitative estimate of drug-likeness (QED) is 0.744. The molecule has 2 heterocycles. The summed E-state index contributed by atoms with van der Waals surface area (Å²) in [6.45, 7) is 0. The molecule has 0 bridgehead atoms. The molecule has 0 unspecified atom stereocenters. The molecule has 0 amide bonds. The fraction of sp³-hybridized carbons (Fsp3) is 0.0769. The normalized spacial score (nSPS) is 11.8. The van der Waals surface area contributed by atoms with E-state index in [9.17, 15) is 13.2 Å². The van der Waals surface area contributed by atoms with Crippen molar-refractivity contribution in [2.24, 2.45) is 0 Å². The highest BCUT2D eigenvalue weighted by atomic mass is 79.9. The van der Waals surface area contributed by atoms with E-state index >= 15 is 0 Å². The number of rotatable bonds is 2. The van der Waals surface area contributed by atoms with Gasteiger partial charge in [-0.1, -0.05) is 0 Å². The van der Waals surface area contributed by atoms with E-state index in [1.54, 1.807) is 6.20 Å². The largest absolute Gasteiger partial charge is 0.573 e. The zero-order valence-electron chi connectivity index (χ0n) is 10.3. The molecular formula is C13H7BrF3N3O. The molecule has 0 spiro atoms. The zero-order valence-corrected chi connectivity index (χ0v) is 11.9. The maximum atomic E-state index is 12.1. The summed E-state index contributed by atoms with van der Waals surface area (Å²) in [5, 5.41) is 0. The monoisotopic (exact) mass is 357 g/mol. The van der Waals surface area contributed by atoms with E-state index in [0.29, 0.717) is 17.0 Å². The van der Waals surface area contributed by atoms with Gasteiger partial charge in [-0.2, -0.15) is 0 Å². The molecule has 21 heavy (non-hydrogen) atoms. The number of imidazole rings is 1. The molecule has 0 fully saturated rings. The van der Waals surface area contributed by atoms with Crippen LogP contribution < -0.4 is 4.74 Å². The Morgan fingerprint density at radius 2 is 1.86 bits per heavy atom. The number of aromatic nitrogens is 3. The van der Waals surface area contributed by atoms with Gasteiger partial charge in [-0.25, -0.2) is 9.97 Å². The van der Waals surface area contributed by atoms with Crippen molar-refractivity contribution < 1.29 is 17.9 Å². The van der Waals surface area contributed by atoms with Crippen molar-refractivity contribution in [2.75, 3.05) is 0 Å². The third kappa shape index (κ3) is 3.15. The zero-order chi connectivity index (χ0) is 15.0. The van der Waals surface area contributed by atoms with Crippen LogP contribution in [0.4, 0.5) is 13.2 Å². The fourth-order valence-corrected chi connectivity index (χ4v) is 2.16. The van der Waals surface area contributed by atoms with E-state index in [-0.39, 0.29) is 5.75 Å². The average Bonchev–Trinajstić information content (AvgIpc) is 2.80. The van der Waals surface area contributed by atoms with Crippen molar-refractivity contribution in [1.82, 2.24) is 15.0 Å². The number of aromatic amines is 1. The summed E-state index contributed by atoms with van der Waals surface area (Å²) >= 11 is 3.30. The van der Waals surface area contributed by atoms with E-state index in [0.717, 1.165) is 9.99 Å². The first-order valence-corrected chi connectivity index (χ1v) is 6.57. The number of alkyl halides is 3. The molecule has 3 aromatic rings.